The van der Waals surface area contributed by atoms with Gasteiger partial charge in [0.1, 0.15) is 0 Å². The second-order valence-electron chi connectivity index (χ2n) is 8.50. The first-order valence-electron chi connectivity index (χ1n) is 10.9. The van der Waals surface area contributed by atoms with Crippen molar-refractivity contribution in [3.8, 4) is 16.8 Å². The van der Waals surface area contributed by atoms with Gasteiger partial charge in [0.15, 0.2) is 0 Å². The number of carbonyl (C=O) groups excluding carboxylic acids is 2. The molecule has 6 rings (SSSR count). The van der Waals surface area contributed by atoms with Gasteiger partial charge in [0.25, 0.3) is 11.8 Å². The van der Waals surface area contributed by atoms with Crippen LogP contribution in [0.3, 0.4) is 0 Å². The van der Waals surface area contributed by atoms with E-state index in [0.717, 1.165) is 44.4 Å². The second kappa shape index (κ2) is 7.30. The second-order valence-corrected chi connectivity index (χ2v) is 8.50. The summed E-state index contributed by atoms with van der Waals surface area (Å²) in [6, 6.07) is 23.6. The van der Waals surface area contributed by atoms with Crippen molar-refractivity contribution in [1.82, 2.24) is 9.47 Å². The number of halogens is 3. The largest absolute Gasteiger partial charge is 0.416 e. The van der Waals surface area contributed by atoms with Gasteiger partial charge in [-0.15, -0.1) is 0 Å². The molecule has 1 aliphatic rings. The normalized spacial score (nSPS) is 13.8. The van der Waals surface area contributed by atoms with Crippen LogP contribution in [-0.2, 0) is 6.18 Å². The molecule has 4 aromatic carbocycles. The van der Waals surface area contributed by atoms with E-state index >= 15 is 0 Å². The lowest BCUT2D eigenvalue weighted by Gasteiger charge is -2.14. The van der Waals surface area contributed by atoms with Gasteiger partial charge < -0.3 is 4.57 Å². The molecule has 7 heteroatoms. The van der Waals surface area contributed by atoms with E-state index in [1.807, 2.05) is 47.0 Å². The number of alkyl halides is 3. The number of hydrogen-bond donors (Lipinski definition) is 0. The van der Waals surface area contributed by atoms with Gasteiger partial charge in [0.05, 0.1) is 33.4 Å². The minimum Gasteiger partial charge on any atom is -0.308 e. The maximum atomic E-state index is 13.2. The minimum absolute atomic E-state index is 0.310. The molecule has 5 aromatic rings. The summed E-state index contributed by atoms with van der Waals surface area (Å²) in [6.07, 6.45) is -4.43. The Balaban J connectivity index is 1.71. The van der Waals surface area contributed by atoms with Gasteiger partial charge in [0.2, 0.25) is 0 Å². The summed E-state index contributed by atoms with van der Waals surface area (Å²) in [4.78, 5) is 26.8. The Kier molecular flexibility index (Phi) is 4.42. The Morgan fingerprint density at radius 1 is 0.686 bits per heavy atom. The van der Waals surface area contributed by atoms with Gasteiger partial charge in [-0.2, -0.15) is 13.2 Å². The number of imide groups is 1. The molecule has 0 spiro atoms. The fraction of sp³-hybridized carbons (Fsp3) is 0.0714. The third kappa shape index (κ3) is 3.01. The van der Waals surface area contributed by atoms with E-state index in [1.165, 1.54) is 19.2 Å². The lowest BCUT2D eigenvalue weighted by Crippen LogP contribution is -2.24. The maximum absolute atomic E-state index is 13.2. The molecular formula is C28H17F3N2O2. The van der Waals surface area contributed by atoms with Crippen molar-refractivity contribution >= 4 is 33.6 Å². The predicted octanol–water partition coefficient (Wildman–Crippen LogP) is 6.70. The molecule has 1 aliphatic heterocycles. The monoisotopic (exact) mass is 470 g/mol. The first-order valence-corrected chi connectivity index (χ1v) is 10.9. The molecule has 0 unspecified atom stereocenters. The molecule has 172 valence electrons. The zero-order valence-electron chi connectivity index (χ0n) is 18.4. The Morgan fingerprint density at radius 2 is 1.34 bits per heavy atom. The molecule has 0 N–H and O–H groups in total. The highest BCUT2D eigenvalue weighted by Gasteiger charge is 2.36. The number of para-hydroxylation sites is 2. The number of aromatic nitrogens is 1. The molecule has 0 fully saturated rings. The number of carbonyl (C=O) groups is 2. The Hall–Kier alpha value is -4.39. The van der Waals surface area contributed by atoms with E-state index in [0.29, 0.717) is 22.4 Å². The van der Waals surface area contributed by atoms with Crippen molar-refractivity contribution in [2.45, 2.75) is 6.18 Å². The van der Waals surface area contributed by atoms with Crippen LogP contribution < -0.4 is 0 Å². The highest BCUT2D eigenvalue weighted by Crippen LogP contribution is 2.40. The Morgan fingerprint density at radius 3 is 2.09 bits per heavy atom. The van der Waals surface area contributed by atoms with Crippen LogP contribution >= 0.6 is 0 Å². The van der Waals surface area contributed by atoms with E-state index in [2.05, 4.69) is 0 Å². The average molecular weight is 470 g/mol. The van der Waals surface area contributed by atoms with E-state index in [4.69, 9.17) is 0 Å². The quantitative estimate of drug-likeness (QED) is 0.270. The topological polar surface area (TPSA) is 42.3 Å². The number of hydrogen-bond acceptors (Lipinski definition) is 2. The smallest absolute Gasteiger partial charge is 0.308 e. The summed E-state index contributed by atoms with van der Waals surface area (Å²) >= 11 is 0. The van der Waals surface area contributed by atoms with Crippen LogP contribution in [0.25, 0.3) is 38.6 Å². The van der Waals surface area contributed by atoms with Gasteiger partial charge >= 0.3 is 6.18 Å². The van der Waals surface area contributed by atoms with Crippen molar-refractivity contribution in [1.29, 1.82) is 0 Å². The number of rotatable bonds is 2. The fourth-order valence-electron chi connectivity index (χ4n) is 4.91. The molecule has 0 saturated carbocycles. The number of amides is 2. The molecule has 1 aromatic heterocycles. The molecule has 0 saturated heterocycles. The summed E-state index contributed by atoms with van der Waals surface area (Å²) in [7, 11) is 1.45. The van der Waals surface area contributed by atoms with Gasteiger partial charge in [-0.1, -0.05) is 54.6 Å². The third-order valence-corrected chi connectivity index (χ3v) is 6.55. The maximum Gasteiger partial charge on any atom is 0.416 e. The summed E-state index contributed by atoms with van der Waals surface area (Å²) in [5, 5.41) is 1.82. The number of benzene rings is 4. The Labute approximate surface area is 197 Å². The standard InChI is InChI=1S/C28H17F3N2O2/c1-32-26(34)21-9-5-11-23(24(21)27(32)35)33-22-10-3-2-6-19(22)20-8-4-7-18(25(20)33)16-12-14-17(15-13-16)28(29,30)31/h2-15H,1H3. The molecule has 0 radical (unpaired) electrons. The highest BCUT2D eigenvalue weighted by molar-refractivity contribution is 6.23. The van der Waals surface area contributed by atoms with E-state index in [9.17, 15) is 22.8 Å². The zero-order valence-corrected chi connectivity index (χ0v) is 18.4. The summed E-state index contributed by atoms with van der Waals surface area (Å²) in [5.74, 6) is -0.755. The van der Waals surface area contributed by atoms with Crippen LogP contribution in [0.2, 0.25) is 0 Å². The first kappa shape index (κ1) is 21.2. The van der Waals surface area contributed by atoms with Crippen molar-refractivity contribution in [3.05, 3.63) is 102 Å². The van der Waals surface area contributed by atoms with Crippen molar-refractivity contribution in [2.24, 2.45) is 0 Å². The molecule has 35 heavy (non-hydrogen) atoms. The van der Waals surface area contributed by atoms with Crippen molar-refractivity contribution in [2.75, 3.05) is 7.05 Å². The molecule has 4 nitrogen and oxygen atoms in total. The van der Waals surface area contributed by atoms with Crippen LogP contribution in [0.5, 0.6) is 0 Å². The highest BCUT2D eigenvalue weighted by atomic mass is 19.4. The summed E-state index contributed by atoms with van der Waals surface area (Å²) < 4.78 is 41.4. The van der Waals surface area contributed by atoms with Crippen LogP contribution in [0, 0.1) is 0 Å². The lowest BCUT2D eigenvalue weighted by atomic mass is 10.0. The predicted molar refractivity (Wildman–Crippen MR) is 128 cm³/mol. The van der Waals surface area contributed by atoms with Crippen LogP contribution in [-0.4, -0.2) is 28.3 Å². The minimum atomic E-state index is -4.43. The molecule has 0 aliphatic carbocycles. The molecular weight excluding hydrogens is 453 g/mol. The molecule has 0 atom stereocenters. The van der Waals surface area contributed by atoms with Gasteiger partial charge in [-0.05, 0) is 35.9 Å². The van der Waals surface area contributed by atoms with Crippen molar-refractivity contribution in [3.63, 3.8) is 0 Å². The molecule has 2 amide bonds. The first-order chi connectivity index (χ1) is 16.8. The van der Waals surface area contributed by atoms with Gasteiger partial charge in [0, 0.05) is 23.4 Å². The van der Waals surface area contributed by atoms with E-state index < -0.39 is 17.6 Å². The molecule has 0 bridgehead atoms. The molecule has 2 heterocycles. The average Bonchev–Trinajstić information content (AvgIpc) is 3.31. The SMILES string of the molecule is CN1C(=O)c2cccc(-n3c4ccccc4c4cccc(-c5ccc(C(F)(F)F)cc5)c43)c2C1=O. The lowest BCUT2D eigenvalue weighted by molar-refractivity contribution is -0.137. The van der Waals surface area contributed by atoms with E-state index in [-0.39, 0.29) is 5.91 Å². The van der Waals surface area contributed by atoms with Crippen LogP contribution in [0.1, 0.15) is 26.3 Å². The number of fused-ring (bicyclic) bond motifs is 4. The van der Waals surface area contributed by atoms with Crippen LogP contribution in [0.4, 0.5) is 13.2 Å². The van der Waals surface area contributed by atoms with Crippen LogP contribution in [0.15, 0.2) is 84.9 Å². The van der Waals surface area contributed by atoms with Gasteiger partial charge in [-0.3, -0.25) is 14.5 Å². The van der Waals surface area contributed by atoms with Gasteiger partial charge in [-0.25, -0.2) is 0 Å². The summed E-state index contributed by atoms with van der Waals surface area (Å²) in [5.41, 5.74) is 3.37. The Bertz CT molecular complexity index is 1680. The van der Waals surface area contributed by atoms with Crippen molar-refractivity contribution < 1.29 is 22.8 Å². The third-order valence-electron chi connectivity index (χ3n) is 6.55. The summed E-state index contributed by atoms with van der Waals surface area (Å²) in [6.45, 7) is 0. The fourth-order valence-corrected chi connectivity index (χ4v) is 4.91. The van der Waals surface area contributed by atoms with E-state index in [1.54, 1.807) is 18.2 Å². The number of nitrogens with zero attached hydrogens (tertiary/aromatic N) is 2. The zero-order chi connectivity index (χ0) is 24.5.